The van der Waals surface area contributed by atoms with Gasteiger partial charge in [0.25, 0.3) is 0 Å². The summed E-state index contributed by atoms with van der Waals surface area (Å²) < 4.78 is 7.47. The largest absolute Gasteiger partial charge is 0.378 e. The van der Waals surface area contributed by atoms with Crippen molar-refractivity contribution in [2.75, 3.05) is 11.9 Å². The summed E-state index contributed by atoms with van der Waals surface area (Å²) in [5.74, 6) is 0.487. The van der Waals surface area contributed by atoms with E-state index < -0.39 is 0 Å². The minimum Gasteiger partial charge on any atom is -0.378 e. The quantitative estimate of drug-likeness (QED) is 0.879. The van der Waals surface area contributed by atoms with Crippen molar-refractivity contribution in [2.45, 2.75) is 44.8 Å². The van der Waals surface area contributed by atoms with Crippen molar-refractivity contribution in [3.8, 4) is 0 Å². The Morgan fingerprint density at radius 2 is 2.33 bits per heavy atom. The first kappa shape index (κ1) is 11.6. The number of anilines is 1. The number of hydrogen-bond donors (Lipinski definition) is 1. The predicted octanol–water partition coefficient (Wildman–Crippen LogP) is 1.37. The molecule has 0 spiro atoms. The van der Waals surface area contributed by atoms with Crippen LogP contribution >= 0.6 is 0 Å². The van der Waals surface area contributed by atoms with Crippen molar-refractivity contribution in [3.63, 3.8) is 0 Å². The summed E-state index contributed by atoms with van der Waals surface area (Å²) in [4.78, 5) is 12.2. The van der Waals surface area contributed by atoms with Gasteiger partial charge < -0.3 is 4.74 Å². The first-order valence-electron chi connectivity index (χ1n) is 6.57. The maximum absolute atomic E-state index is 12.2. The second kappa shape index (κ2) is 4.68. The number of aromatic nitrogens is 3. The highest BCUT2D eigenvalue weighted by atomic mass is 16.5. The maximum Gasteiger partial charge on any atom is 0.232 e. The molecule has 1 aromatic rings. The third-order valence-electron chi connectivity index (χ3n) is 3.69. The van der Waals surface area contributed by atoms with Gasteiger partial charge in [0, 0.05) is 12.6 Å². The first-order chi connectivity index (χ1) is 8.75. The molecule has 18 heavy (non-hydrogen) atoms. The molecule has 1 aliphatic carbocycles. The summed E-state index contributed by atoms with van der Waals surface area (Å²) in [5, 5.41) is 10.7. The molecule has 3 rings (SSSR count). The van der Waals surface area contributed by atoms with Crippen LogP contribution in [0.1, 0.15) is 38.6 Å². The van der Waals surface area contributed by atoms with Crippen LogP contribution in [0.15, 0.2) is 6.33 Å². The van der Waals surface area contributed by atoms with Crippen LogP contribution in [-0.2, 0) is 9.53 Å². The molecular formula is C12H18N4O2. The van der Waals surface area contributed by atoms with E-state index in [1.165, 1.54) is 0 Å². The lowest BCUT2D eigenvalue weighted by Gasteiger charge is -2.27. The van der Waals surface area contributed by atoms with Gasteiger partial charge in [-0.05, 0) is 32.6 Å². The van der Waals surface area contributed by atoms with Crippen molar-refractivity contribution >= 4 is 11.9 Å². The molecule has 1 aromatic heterocycles. The minimum atomic E-state index is -0.0805. The van der Waals surface area contributed by atoms with Gasteiger partial charge in [0.1, 0.15) is 6.33 Å². The summed E-state index contributed by atoms with van der Waals surface area (Å²) in [6.07, 6.45) is 5.78. The highest BCUT2D eigenvalue weighted by Gasteiger charge is 2.31. The molecule has 98 valence electrons. The second-order valence-electron chi connectivity index (χ2n) is 5.11. The third-order valence-corrected chi connectivity index (χ3v) is 3.69. The molecule has 2 atom stereocenters. The molecule has 1 saturated heterocycles. The predicted molar refractivity (Wildman–Crippen MR) is 65.1 cm³/mol. The Kier molecular flexibility index (Phi) is 3.03. The van der Waals surface area contributed by atoms with Gasteiger partial charge in [-0.25, -0.2) is 0 Å². The standard InChI is InChI=1S/C12H18N4O2/c1-8-10(3-2-6-18-8)11(17)14-12-15-13-7-16(12)9-4-5-9/h7-10H,2-6H2,1H3,(H,14,15,17). The molecule has 1 aliphatic heterocycles. The molecule has 2 unspecified atom stereocenters. The van der Waals surface area contributed by atoms with Crippen LogP contribution < -0.4 is 5.32 Å². The Morgan fingerprint density at radius 3 is 3.06 bits per heavy atom. The number of carbonyl (C=O) groups excluding carboxylic acids is 1. The van der Waals surface area contributed by atoms with Crippen LogP contribution in [0.3, 0.4) is 0 Å². The fraction of sp³-hybridized carbons (Fsp3) is 0.750. The monoisotopic (exact) mass is 250 g/mol. The number of ether oxygens (including phenoxy) is 1. The SMILES string of the molecule is CC1OCCCC1C(=O)Nc1nncn1C1CC1. The number of rotatable bonds is 3. The Labute approximate surface area is 106 Å². The number of carbonyl (C=O) groups is 1. The van der Waals surface area contributed by atoms with Gasteiger partial charge in [-0.3, -0.25) is 14.7 Å². The lowest BCUT2D eigenvalue weighted by Crippen LogP contribution is -2.36. The van der Waals surface area contributed by atoms with Gasteiger partial charge in [-0.2, -0.15) is 0 Å². The van der Waals surface area contributed by atoms with E-state index >= 15 is 0 Å². The molecule has 0 bridgehead atoms. The summed E-state index contributed by atoms with van der Waals surface area (Å²) in [5.41, 5.74) is 0. The van der Waals surface area contributed by atoms with Crippen LogP contribution in [0.5, 0.6) is 0 Å². The normalized spacial score (nSPS) is 28.1. The molecule has 0 aromatic carbocycles. The van der Waals surface area contributed by atoms with E-state index in [0.717, 1.165) is 32.3 Å². The lowest BCUT2D eigenvalue weighted by molar-refractivity contribution is -0.127. The van der Waals surface area contributed by atoms with Crippen LogP contribution in [-0.4, -0.2) is 33.4 Å². The van der Waals surface area contributed by atoms with Gasteiger partial charge in [0.05, 0.1) is 12.0 Å². The molecule has 2 aliphatic rings. The minimum absolute atomic E-state index is 0.00269. The first-order valence-corrected chi connectivity index (χ1v) is 6.57. The summed E-state index contributed by atoms with van der Waals surface area (Å²) in [7, 11) is 0. The third kappa shape index (κ3) is 2.25. The Hall–Kier alpha value is -1.43. The summed E-state index contributed by atoms with van der Waals surface area (Å²) in [6, 6.07) is 0.468. The van der Waals surface area contributed by atoms with E-state index in [1.807, 2.05) is 11.5 Å². The number of hydrogen-bond acceptors (Lipinski definition) is 4. The zero-order chi connectivity index (χ0) is 12.5. The van der Waals surface area contributed by atoms with E-state index in [2.05, 4.69) is 15.5 Å². The zero-order valence-electron chi connectivity index (χ0n) is 10.5. The average molecular weight is 250 g/mol. The average Bonchev–Trinajstić information content (AvgIpc) is 3.11. The smallest absolute Gasteiger partial charge is 0.232 e. The van der Waals surface area contributed by atoms with Gasteiger partial charge in [-0.15, -0.1) is 10.2 Å². The van der Waals surface area contributed by atoms with Crippen molar-refractivity contribution in [1.82, 2.24) is 14.8 Å². The fourth-order valence-corrected chi connectivity index (χ4v) is 2.42. The molecule has 6 heteroatoms. The van der Waals surface area contributed by atoms with Crippen LogP contribution in [0.2, 0.25) is 0 Å². The summed E-state index contributed by atoms with van der Waals surface area (Å²) >= 11 is 0. The molecule has 1 amide bonds. The van der Waals surface area contributed by atoms with Crippen molar-refractivity contribution in [3.05, 3.63) is 6.33 Å². The summed E-state index contributed by atoms with van der Waals surface area (Å²) in [6.45, 7) is 2.71. The maximum atomic E-state index is 12.2. The van der Waals surface area contributed by atoms with Crippen molar-refractivity contribution < 1.29 is 9.53 Å². The zero-order valence-corrected chi connectivity index (χ0v) is 10.5. The molecule has 1 saturated carbocycles. The number of nitrogens with zero attached hydrogens (tertiary/aromatic N) is 3. The van der Waals surface area contributed by atoms with E-state index in [0.29, 0.717) is 12.0 Å². The highest BCUT2D eigenvalue weighted by Crippen LogP contribution is 2.36. The number of amides is 1. The Bertz CT molecular complexity index is 441. The number of nitrogens with one attached hydrogen (secondary N) is 1. The molecule has 1 N–H and O–H groups in total. The molecular weight excluding hydrogens is 232 g/mol. The Morgan fingerprint density at radius 1 is 1.50 bits per heavy atom. The fourth-order valence-electron chi connectivity index (χ4n) is 2.42. The van der Waals surface area contributed by atoms with Crippen molar-refractivity contribution in [1.29, 1.82) is 0 Å². The van der Waals surface area contributed by atoms with Gasteiger partial charge in [-0.1, -0.05) is 0 Å². The lowest BCUT2D eigenvalue weighted by atomic mass is 9.94. The van der Waals surface area contributed by atoms with Gasteiger partial charge >= 0.3 is 0 Å². The van der Waals surface area contributed by atoms with Gasteiger partial charge in [0.15, 0.2) is 0 Å². The van der Waals surface area contributed by atoms with Crippen LogP contribution in [0.25, 0.3) is 0 Å². The second-order valence-corrected chi connectivity index (χ2v) is 5.11. The van der Waals surface area contributed by atoms with E-state index in [4.69, 9.17) is 4.74 Å². The molecule has 2 heterocycles. The van der Waals surface area contributed by atoms with E-state index in [-0.39, 0.29) is 17.9 Å². The molecule has 6 nitrogen and oxygen atoms in total. The molecule has 0 radical (unpaired) electrons. The molecule has 2 fully saturated rings. The van der Waals surface area contributed by atoms with E-state index in [1.54, 1.807) is 6.33 Å². The van der Waals surface area contributed by atoms with Crippen LogP contribution in [0.4, 0.5) is 5.95 Å². The van der Waals surface area contributed by atoms with E-state index in [9.17, 15) is 4.79 Å². The van der Waals surface area contributed by atoms with Crippen LogP contribution in [0, 0.1) is 5.92 Å². The topological polar surface area (TPSA) is 69.0 Å². The highest BCUT2D eigenvalue weighted by molar-refractivity contribution is 5.91. The van der Waals surface area contributed by atoms with Crippen molar-refractivity contribution in [2.24, 2.45) is 5.92 Å². The Balaban J connectivity index is 1.67. The van der Waals surface area contributed by atoms with Gasteiger partial charge in [0.2, 0.25) is 11.9 Å².